The van der Waals surface area contributed by atoms with Crippen LogP contribution in [0.3, 0.4) is 0 Å². The quantitative estimate of drug-likeness (QED) is 0.136. The van der Waals surface area contributed by atoms with Crippen molar-refractivity contribution in [3.05, 3.63) is 0 Å². The van der Waals surface area contributed by atoms with Gasteiger partial charge >= 0.3 is 80.0 Å². The zero-order chi connectivity index (χ0) is 34.5. The molecule has 0 aromatic carbocycles. The van der Waals surface area contributed by atoms with Crippen LogP contribution in [-0.2, 0) is 10.1 Å². The molecule has 0 aromatic heterocycles. The van der Waals surface area contributed by atoms with Crippen LogP contribution < -0.4 is 0 Å². The van der Waals surface area contributed by atoms with Crippen LogP contribution in [0.25, 0.3) is 0 Å². The van der Waals surface area contributed by atoms with Crippen molar-refractivity contribution in [2.45, 2.75) is 69.9 Å². The summed E-state index contributed by atoms with van der Waals surface area (Å²) in [6, 6.07) is 0. The van der Waals surface area contributed by atoms with Crippen LogP contribution in [0, 0.1) is 0 Å². The molecule has 0 saturated heterocycles. The minimum absolute atomic E-state index is 3.50. The third kappa shape index (κ3) is 4.53. The highest BCUT2D eigenvalue weighted by molar-refractivity contribution is 7.88. The summed E-state index contributed by atoms with van der Waals surface area (Å²) in [7, 11) is -7.81. The molecule has 0 amide bonds. The Labute approximate surface area is 211 Å². The molecule has 0 fully saturated rings. The summed E-state index contributed by atoms with van der Waals surface area (Å²) in [6.45, 7) is 0. The highest BCUT2D eigenvalue weighted by atomic mass is 35.5. The summed E-state index contributed by atoms with van der Waals surface area (Å²) in [5.74, 6) is -92.7. The zero-order valence-corrected chi connectivity index (χ0v) is 18.7. The average Bonchev–Trinajstić information content (AvgIpc) is 2.70. The first-order chi connectivity index (χ1) is 17.0. The van der Waals surface area contributed by atoms with Crippen molar-refractivity contribution in [2.75, 3.05) is 0 Å². The topological polar surface area (TPSA) is 54.4 Å². The van der Waals surface area contributed by atoms with Crippen LogP contribution in [0.4, 0.5) is 105 Å². The van der Waals surface area contributed by atoms with Crippen molar-refractivity contribution >= 4 is 21.7 Å². The summed E-state index contributed by atoms with van der Waals surface area (Å²) in [4.78, 5) is 0. The van der Waals surface area contributed by atoms with Gasteiger partial charge in [-0.2, -0.15) is 114 Å². The van der Waals surface area contributed by atoms with Gasteiger partial charge < -0.3 is 0 Å². The lowest BCUT2D eigenvalue weighted by molar-refractivity contribution is -0.479. The molecule has 29 heteroatoms. The molecule has 0 aliphatic heterocycles. The van der Waals surface area contributed by atoms with Crippen LogP contribution in [0.1, 0.15) is 0 Å². The normalized spacial score (nSPS) is 18.4. The van der Waals surface area contributed by atoms with Crippen molar-refractivity contribution in [2.24, 2.45) is 0 Å². The second-order valence-electron chi connectivity index (χ2n) is 7.23. The van der Waals surface area contributed by atoms with Gasteiger partial charge in [-0.05, 0) is 0 Å². The van der Waals surface area contributed by atoms with Gasteiger partial charge in [0.15, 0.2) is 0 Å². The van der Waals surface area contributed by atoms with Crippen molar-refractivity contribution in [1.29, 1.82) is 0 Å². The molecule has 3 nitrogen and oxygen atoms in total. The second kappa shape index (κ2) is 9.26. The third-order valence-corrected chi connectivity index (χ3v) is 6.32. The van der Waals surface area contributed by atoms with E-state index in [1.807, 2.05) is 0 Å². The summed E-state index contributed by atoms with van der Waals surface area (Å²) in [5, 5.41) is 0. The molecule has 0 bridgehead atoms. The third-order valence-electron chi connectivity index (χ3n) is 4.59. The van der Waals surface area contributed by atoms with E-state index in [2.05, 4.69) is 11.6 Å². The monoisotopic (exact) mass is 716 g/mol. The molecule has 0 rings (SSSR count). The van der Waals surface area contributed by atoms with E-state index < -0.39 is 80.0 Å². The lowest BCUT2D eigenvalue weighted by Gasteiger charge is -2.45. The molecule has 1 N–H and O–H groups in total. The van der Waals surface area contributed by atoms with Crippen molar-refractivity contribution in [3.8, 4) is 0 Å². The van der Waals surface area contributed by atoms with Gasteiger partial charge in [-0.1, -0.05) is 11.6 Å². The number of hydrogen-bond acceptors (Lipinski definition) is 2. The largest absolute Gasteiger partial charge is 0.460 e. The first kappa shape index (κ1) is 39.5. The number of halogens is 25. The smallest absolute Gasteiger partial charge is 0.282 e. The molecule has 1 atom stereocenters. The fourth-order valence-electron chi connectivity index (χ4n) is 2.10. The van der Waals surface area contributed by atoms with Crippen LogP contribution in [0.2, 0.25) is 0 Å². The molecular formula is C12HClF24O3S. The molecule has 0 aliphatic carbocycles. The van der Waals surface area contributed by atoms with Gasteiger partial charge in [0.05, 0.1) is 0 Å². The molecule has 0 spiro atoms. The van der Waals surface area contributed by atoms with E-state index in [0.717, 1.165) is 0 Å². The molecule has 0 heterocycles. The zero-order valence-electron chi connectivity index (χ0n) is 17.1. The molecular weight excluding hydrogens is 716 g/mol. The van der Waals surface area contributed by atoms with E-state index in [1.165, 1.54) is 0 Å². The maximum Gasteiger partial charge on any atom is 0.460 e. The van der Waals surface area contributed by atoms with Crippen molar-refractivity contribution in [1.82, 2.24) is 0 Å². The van der Waals surface area contributed by atoms with Gasteiger partial charge in [0.2, 0.25) is 0 Å². The van der Waals surface area contributed by atoms with E-state index in [0.29, 0.717) is 0 Å². The Morgan fingerprint density at radius 2 is 0.488 bits per heavy atom. The Hall–Kier alpha value is -1.48. The predicted molar refractivity (Wildman–Crippen MR) is 76.8 cm³/mol. The summed E-state index contributed by atoms with van der Waals surface area (Å²) in [6.07, 6.45) is -8.20. The summed E-state index contributed by atoms with van der Waals surface area (Å²) >= 11 is 3.50. The van der Waals surface area contributed by atoms with Gasteiger partial charge in [-0.3, -0.25) is 4.55 Å². The molecule has 0 radical (unpaired) electrons. The fraction of sp³-hybridized carbons (Fsp3) is 1.00. The fourth-order valence-corrected chi connectivity index (χ4v) is 2.67. The van der Waals surface area contributed by atoms with Crippen molar-refractivity contribution in [3.63, 3.8) is 0 Å². The summed E-state index contributed by atoms with van der Waals surface area (Å²) in [5.41, 5.74) is 0. The molecule has 41 heavy (non-hydrogen) atoms. The number of rotatable bonds is 11. The number of hydrogen-bond donors (Lipinski definition) is 1. The summed E-state index contributed by atoms with van der Waals surface area (Å²) < 4.78 is 337. The Balaban J connectivity index is 7.45. The second-order valence-corrected chi connectivity index (χ2v) is 9.49. The molecule has 248 valence electrons. The predicted octanol–water partition coefficient (Wildman–Crippen LogP) is 7.65. The minimum Gasteiger partial charge on any atom is -0.282 e. The Kier molecular flexibility index (Phi) is 8.93. The maximum atomic E-state index is 13.6. The lowest BCUT2D eigenvalue weighted by Crippen LogP contribution is -2.78. The minimum atomic E-state index is -9.68. The first-order valence-electron chi connectivity index (χ1n) is 8.19. The standard InChI is InChI=1S/C12HClF24O3S/c13-11(34,41(38,39)40)9(30,31)7(26,27)5(22,23)3(18,19)1(14,15)2(16,17)4(20,21)6(24,25)8(28,29)10(32,33)12(35,36)37/h(H,38,39,40). The van der Waals surface area contributed by atoms with Gasteiger partial charge in [-0.25, -0.2) is 0 Å². The maximum absolute atomic E-state index is 13.6. The highest BCUT2D eigenvalue weighted by Crippen LogP contribution is 2.68. The molecule has 0 saturated carbocycles. The van der Waals surface area contributed by atoms with E-state index in [-0.39, 0.29) is 0 Å². The Morgan fingerprint density at radius 3 is 0.634 bits per heavy atom. The van der Waals surface area contributed by atoms with E-state index in [1.54, 1.807) is 0 Å². The molecule has 1 unspecified atom stereocenters. The average molecular weight is 717 g/mol. The van der Waals surface area contributed by atoms with Gasteiger partial charge in [0.25, 0.3) is 0 Å². The van der Waals surface area contributed by atoms with Crippen LogP contribution in [-0.4, -0.2) is 82.8 Å². The van der Waals surface area contributed by atoms with E-state index in [4.69, 9.17) is 4.55 Å². The Bertz CT molecular complexity index is 1100. The molecule has 0 aromatic rings. The lowest BCUT2D eigenvalue weighted by atomic mass is 9.85. The van der Waals surface area contributed by atoms with E-state index in [9.17, 15) is 114 Å². The highest BCUT2D eigenvalue weighted by Gasteiger charge is 2.99. The van der Waals surface area contributed by atoms with Gasteiger partial charge in [0.1, 0.15) is 0 Å². The first-order valence-corrected chi connectivity index (χ1v) is 10.0. The van der Waals surface area contributed by atoms with E-state index >= 15 is 0 Å². The number of alkyl halides is 25. The van der Waals surface area contributed by atoms with Gasteiger partial charge in [0, 0.05) is 0 Å². The van der Waals surface area contributed by atoms with Crippen LogP contribution in [0.5, 0.6) is 0 Å². The van der Waals surface area contributed by atoms with Crippen molar-refractivity contribution < 1.29 is 118 Å². The van der Waals surface area contributed by atoms with Crippen LogP contribution >= 0.6 is 11.6 Å². The SMILES string of the molecule is O=S(=O)(O)C(F)(Cl)C(F)(F)C(F)(F)C(F)(F)C(F)(F)C(F)(F)C(F)(F)C(F)(F)C(F)(F)C(F)(F)C(F)(F)C(F)(F)F. The van der Waals surface area contributed by atoms with Crippen LogP contribution in [0.15, 0.2) is 0 Å². The van der Waals surface area contributed by atoms with Gasteiger partial charge in [-0.15, -0.1) is 0 Å². The Morgan fingerprint density at radius 1 is 0.341 bits per heavy atom. The molecule has 0 aliphatic rings.